The molecule has 4 nitrogen and oxygen atoms in total. The SMILES string of the molecule is O=C(CCc1nc2ccccc2s1)Oc1ccc(Cl)c2cccnc12. The number of para-hydroxylation sites is 1. The van der Waals surface area contributed by atoms with Gasteiger partial charge in [-0.2, -0.15) is 0 Å². The Balaban J connectivity index is 1.48. The standard InChI is InChI=1S/C19H13ClN2O2S/c20-13-7-8-15(19-12(13)4-3-11-21-19)24-18(23)10-9-17-22-14-5-1-2-6-16(14)25-17/h1-8,11H,9-10H2. The van der Waals surface area contributed by atoms with Crippen molar-refractivity contribution >= 4 is 50.0 Å². The van der Waals surface area contributed by atoms with Crippen molar-refractivity contribution in [2.75, 3.05) is 0 Å². The summed E-state index contributed by atoms with van der Waals surface area (Å²) >= 11 is 7.76. The molecule has 4 aromatic rings. The molecule has 2 aromatic heterocycles. The summed E-state index contributed by atoms with van der Waals surface area (Å²) in [6.07, 6.45) is 2.46. The Kier molecular flexibility index (Phi) is 4.34. The van der Waals surface area contributed by atoms with Crippen molar-refractivity contribution < 1.29 is 9.53 Å². The lowest BCUT2D eigenvalue weighted by Gasteiger charge is -2.07. The highest BCUT2D eigenvalue weighted by atomic mass is 35.5. The van der Waals surface area contributed by atoms with Crippen LogP contribution in [-0.4, -0.2) is 15.9 Å². The first-order chi connectivity index (χ1) is 12.2. The number of halogens is 1. The second-order valence-electron chi connectivity index (χ2n) is 5.49. The fourth-order valence-corrected chi connectivity index (χ4v) is 3.79. The molecule has 0 atom stereocenters. The predicted octanol–water partition coefficient (Wildman–Crippen LogP) is 5.04. The zero-order chi connectivity index (χ0) is 17.2. The molecule has 124 valence electrons. The lowest BCUT2D eigenvalue weighted by molar-refractivity contribution is -0.134. The molecule has 2 aromatic carbocycles. The Hall–Kier alpha value is -2.50. The summed E-state index contributed by atoms with van der Waals surface area (Å²) in [6, 6.07) is 15.0. The number of hydrogen-bond acceptors (Lipinski definition) is 5. The Labute approximate surface area is 153 Å². The molecule has 0 aliphatic carbocycles. The number of nitrogens with zero attached hydrogens (tertiary/aromatic N) is 2. The topological polar surface area (TPSA) is 52.1 Å². The Morgan fingerprint density at radius 3 is 2.88 bits per heavy atom. The van der Waals surface area contributed by atoms with Crippen molar-refractivity contribution in [3.8, 4) is 5.75 Å². The van der Waals surface area contributed by atoms with Crippen LogP contribution in [0, 0.1) is 0 Å². The first kappa shape index (κ1) is 16.0. The number of esters is 1. The van der Waals surface area contributed by atoms with Crippen LogP contribution < -0.4 is 4.74 Å². The smallest absolute Gasteiger partial charge is 0.311 e. The minimum absolute atomic E-state index is 0.261. The first-order valence-corrected chi connectivity index (χ1v) is 8.98. The number of hydrogen-bond donors (Lipinski definition) is 0. The third-order valence-corrected chi connectivity index (χ3v) is 5.21. The number of pyridine rings is 1. The highest BCUT2D eigenvalue weighted by Gasteiger charge is 2.12. The van der Waals surface area contributed by atoms with Crippen molar-refractivity contribution in [2.45, 2.75) is 12.8 Å². The molecule has 0 aliphatic rings. The average Bonchev–Trinajstić information content (AvgIpc) is 3.06. The molecule has 6 heteroatoms. The monoisotopic (exact) mass is 368 g/mol. The van der Waals surface area contributed by atoms with Gasteiger partial charge in [0.25, 0.3) is 0 Å². The number of aryl methyl sites for hydroxylation is 1. The number of aromatic nitrogens is 2. The van der Waals surface area contributed by atoms with E-state index in [9.17, 15) is 4.79 Å². The maximum atomic E-state index is 12.2. The quantitative estimate of drug-likeness (QED) is 0.374. The summed E-state index contributed by atoms with van der Waals surface area (Å²) in [6.45, 7) is 0. The molecule has 0 saturated heterocycles. The summed E-state index contributed by atoms with van der Waals surface area (Å²) in [4.78, 5) is 21.0. The van der Waals surface area contributed by atoms with Gasteiger partial charge in [0.05, 0.1) is 26.7 Å². The van der Waals surface area contributed by atoms with Crippen LogP contribution in [0.5, 0.6) is 5.75 Å². The molecule has 0 spiro atoms. The van der Waals surface area contributed by atoms with Crippen molar-refractivity contribution in [1.82, 2.24) is 9.97 Å². The minimum Gasteiger partial charge on any atom is -0.424 e. The zero-order valence-corrected chi connectivity index (χ0v) is 14.7. The molecule has 4 rings (SSSR count). The molecular formula is C19H13ClN2O2S. The highest BCUT2D eigenvalue weighted by Crippen LogP contribution is 2.30. The molecule has 2 heterocycles. The van der Waals surface area contributed by atoms with E-state index in [1.165, 1.54) is 0 Å². The van der Waals surface area contributed by atoms with E-state index in [0.717, 1.165) is 20.6 Å². The zero-order valence-electron chi connectivity index (χ0n) is 13.1. The van der Waals surface area contributed by atoms with Gasteiger partial charge in [-0.25, -0.2) is 4.98 Å². The van der Waals surface area contributed by atoms with Crippen molar-refractivity contribution in [2.24, 2.45) is 0 Å². The van der Waals surface area contributed by atoms with Crippen LogP contribution in [0.3, 0.4) is 0 Å². The largest absolute Gasteiger partial charge is 0.424 e. The Bertz CT molecular complexity index is 1040. The predicted molar refractivity (Wildman–Crippen MR) is 100 cm³/mol. The molecule has 0 aliphatic heterocycles. The first-order valence-electron chi connectivity index (χ1n) is 7.79. The normalized spacial score (nSPS) is 11.1. The highest BCUT2D eigenvalue weighted by molar-refractivity contribution is 7.18. The fourth-order valence-electron chi connectivity index (χ4n) is 2.60. The summed E-state index contributed by atoms with van der Waals surface area (Å²) in [7, 11) is 0. The summed E-state index contributed by atoms with van der Waals surface area (Å²) in [5.41, 5.74) is 1.55. The lowest BCUT2D eigenvalue weighted by Crippen LogP contribution is -2.09. The van der Waals surface area contributed by atoms with E-state index in [4.69, 9.17) is 16.3 Å². The minimum atomic E-state index is -0.312. The van der Waals surface area contributed by atoms with Crippen LogP contribution in [0.1, 0.15) is 11.4 Å². The van der Waals surface area contributed by atoms with Gasteiger partial charge in [0.15, 0.2) is 5.75 Å². The molecule has 0 N–H and O–H groups in total. The van der Waals surface area contributed by atoms with Crippen molar-refractivity contribution in [3.63, 3.8) is 0 Å². The number of thiazole rings is 1. The molecule has 25 heavy (non-hydrogen) atoms. The molecule has 0 unspecified atom stereocenters. The molecule has 0 radical (unpaired) electrons. The van der Waals surface area contributed by atoms with Gasteiger partial charge in [0.1, 0.15) is 5.52 Å². The number of fused-ring (bicyclic) bond motifs is 2. The van der Waals surface area contributed by atoms with Gasteiger partial charge in [-0.3, -0.25) is 9.78 Å². The summed E-state index contributed by atoms with van der Waals surface area (Å²) in [5.74, 6) is 0.114. The molecule has 0 bridgehead atoms. The second-order valence-corrected chi connectivity index (χ2v) is 7.02. The fraction of sp³-hybridized carbons (Fsp3) is 0.105. The van der Waals surface area contributed by atoms with Gasteiger partial charge in [-0.1, -0.05) is 23.7 Å². The van der Waals surface area contributed by atoms with Crippen LogP contribution in [-0.2, 0) is 11.2 Å². The number of carbonyl (C=O) groups is 1. The maximum Gasteiger partial charge on any atom is 0.311 e. The number of carbonyl (C=O) groups excluding carboxylic acids is 1. The van der Waals surface area contributed by atoms with Crippen molar-refractivity contribution in [3.05, 3.63) is 64.8 Å². The van der Waals surface area contributed by atoms with E-state index >= 15 is 0 Å². The van der Waals surface area contributed by atoms with E-state index < -0.39 is 0 Å². The van der Waals surface area contributed by atoms with Gasteiger partial charge in [-0.15, -0.1) is 11.3 Å². The Morgan fingerprint density at radius 2 is 2.00 bits per heavy atom. The van der Waals surface area contributed by atoms with Crippen molar-refractivity contribution in [1.29, 1.82) is 0 Å². The maximum absolute atomic E-state index is 12.2. The lowest BCUT2D eigenvalue weighted by atomic mass is 10.2. The second kappa shape index (κ2) is 6.78. The average molecular weight is 369 g/mol. The van der Waals surface area contributed by atoms with Crippen LogP contribution in [0.4, 0.5) is 0 Å². The van der Waals surface area contributed by atoms with E-state index in [-0.39, 0.29) is 12.4 Å². The third-order valence-electron chi connectivity index (χ3n) is 3.78. The molecule has 0 saturated carbocycles. The molecule has 0 amide bonds. The van der Waals surface area contributed by atoms with E-state index in [1.807, 2.05) is 30.3 Å². The summed E-state index contributed by atoms with van der Waals surface area (Å²) < 4.78 is 6.62. The molecule has 0 fully saturated rings. The van der Waals surface area contributed by atoms with E-state index in [2.05, 4.69) is 9.97 Å². The Morgan fingerprint density at radius 1 is 1.12 bits per heavy atom. The van der Waals surface area contributed by atoms with Gasteiger partial charge >= 0.3 is 5.97 Å². The van der Waals surface area contributed by atoms with Crippen LogP contribution >= 0.6 is 22.9 Å². The van der Waals surface area contributed by atoms with Crippen LogP contribution in [0.2, 0.25) is 5.02 Å². The van der Waals surface area contributed by atoms with Gasteiger partial charge in [-0.05, 0) is 36.4 Å². The number of benzene rings is 2. The van der Waals surface area contributed by atoms with Crippen LogP contribution in [0.25, 0.3) is 21.1 Å². The molecular weight excluding hydrogens is 356 g/mol. The number of rotatable bonds is 4. The van der Waals surface area contributed by atoms with Crippen LogP contribution in [0.15, 0.2) is 54.7 Å². The van der Waals surface area contributed by atoms with Gasteiger partial charge in [0.2, 0.25) is 0 Å². The van der Waals surface area contributed by atoms with Gasteiger partial charge < -0.3 is 4.74 Å². The van der Waals surface area contributed by atoms with E-state index in [1.54, 1.807) is 35.7 Å². The van der Waals surface area contributed by atoms with E-state index in [0.29, 0.717) is 22.7 Å². The van der Waals surface area contributed by atoms with Gasteiger partial charge in [0, 0.05) is 18.0 Å². The summed E-state index contributed by atoms with van der Waals surface area (Å²) in [5, 5.41) is 2.27. The third kappa shape index (κ3) is 3.34. The number of ether oxygens (including phenoxy) is 1.